The Bertz CT molecular complexity index is 848. The zero-order valence-electron chi connectivity index (χ0n) is 14.3. The van der Waals surface area contributed by atoms with Crippen LogP contribution < -0.4 is 0 Å². The zero-order chi connectivity index (χ0) is 18.0. The van der Waals surface area contributed by atoms with Crippen molar-refractivity contribution in [3.8, 4) is 0 Å². The molecule has 0 radical (unpaired) electrons. The molecule has 1 saturated heterocycles. The molecule has 1 aromatic heterocycles. The van der Waals surface area contributed by atoms with Crippen LogP contribution in [0.5, 0.6) is 0 Å². The second-order valence-corrected chi connectivity index (χ2v) is 9.04. The number of sulfonamides is 1. The van der Waals surface area contributed by atoms with E-state index in [-0.39, 0.29) is 16.8 Å². The highest BCUT2D eigenvalue weighted by molar-refractivity contribution is 7.89. The highest BCUT2D eigenvalue weighted by Crippen LogP contribution is 2.36. The quantitative estimate of drug-likeness (QED) is 0.819. The third-order valence-corrected chi connectivity index (χ3v) is 7.06. The van der Waals surface area contributed by atoms with Crippen molar-refractivity contribution in [3.63, 3.8) is 0 Å². The fourth-order valence-corrected chi connectivity index (χ4v) is 5.58. The van der Waals surface area contributed by atoms with Gasteiger partial charge in [-0.25, -0.2) is 13.4 Å². The van der Waals surface area contributed by atoms with Gasteiger partial charge in [-0.05, 0) is 31.0 Å². The van der Waals surface area contributed by atoms with Crippen LogP contribution in [-0.2, 0) is 10.0 Å². The van der Waals surface area contributed by atoms with Crippen molar-refractivity contribution in [2.24, 2.45) is 0 Å². The number of thiazole rings is 1. The van der Waals surface area contributed by atoms with Crippen LogP contribution in [0.15, 0.2) is 40.7 Å². The lowest BCUT2D eigenvalue weighted by Gasteiger charge is -2.33. The van der Waals surface area contributed by atoms with Crippen LogP contribution >= 0.6 is 11.3 Å². The number of nitrogens with zero attached hydrogens (tertiary/aromatic N) is 3. The van der Waals surface area contributed by atoms with Gasteiger partial charge in [0.2, 0.25) is 10.0 Å². The maximum Gasteiger partial charge on any atom is 0.253 e. The third-order valence-electron chi connectivity index (χ3n) is 4.28. The normalized spacial score (nSPS) is 18.9. The molecule has 8 heteroatoms. The Hall–Kier alpha value is -1.77. The fraction of sp³-hybridized carbons (Fsp3) is 0.412. The van der Waals surface area contributed by atoms with Crippen molar-refractivity contribution >= 4 is 27.3 Å². The molecule has 1 amide bonds. The number of aromatic nitrogens is 1. The molecule has 1 atom stereocenters. The monoisotopic (exact) mass is 379 g/mol. The number of benzene rings is 1. The summed E-state index contributed by atoms with van der Waals surface area (Å²) in [6, 6.07) is 6.04. The predicted molar refractivity (Wildman–Crippen MR) is 97.1 cm³/mol. The molecule has 0 bridgehead atoms. The molecule has 25 heavy (non-hydrogen) atoms. The van der Waals surface area contributed by atoms with Crippen LogP contribution in [0.1, 0.15) is 40.7 Å². The number of piperidine rings is 1. The lowest BCUT2D eigenvalue weighted by Crippen LogP contribution is -2.38. The van der Waals surface area contributed by atoms with E-state index in [1.165, 1.54) is 26.6 Å². The molecule has 1 fully saturated rings. The number of carbonyl (C=O) groups is 1. The van der Waals surface area contributed by atoms with E-state index in [1.54, 1.807) is 38.5 Å². The fourth-order valence-electron chi connectivity index (χ4n) is 3.02. The highest BCUT2D eigenvalue weighted by atomic mass is 32.2. The van der Waals surface area contributed by atoms with Crippen molar-refractivity contribution < 1.29 is 13.2 Å². The van der Waals surface area contributed by atoms with Gasteiger partial charge in [0, 0.05) is 37.8 Å². The minimum Gasteiger partial charge on any atom is -0.345 e. The second kappa shape index (κ2) is 7.23. The number of rotatable bonds is 4. The molecule has 1 aliphatic rings. The number of hydrogen-bond donors (Lipinski definition) is 0. The standard InChI is InChI=1S/C17H21N3O3S2/c1-19(2)17(21)13-6-5-7-14(12-13)25(22,23)20-10-4-3-8-15(20)16-18-9-11-24-16/h5-7,9,11-12,15H,3-4,8,10H2,1-2H3/t15-/m1/s1. The van der Waals surface area contributed by atoms with Gasteiger partial charge in [-0.2, -0.15) is 4.31 Å². The van der Waals surface area contributed by atoms with E-state index < -0.39 is 10.0 Å². The minimum atomic E-state index is -3.69. The molecule has 0 N–H and O–H groups in total. The largest absolute Gasteiger partial charge is 0.345 e. The lowest BCUT2D eigenvalue weighted by atomic mass is 10.1. The minimum absolute atomic E-state index is 0.156. The molecule has 1 aromatic carbocycles. The van der Waals surface area contributed by atoms with Gasteiger partial charge in [-0.15, -0.1) is 11.3 Å². The van der Waals surface area contributed by atoms with Gasteiger partial charge in [-0.1, -0.05) is 12.5 Å². The molecule has 6 nitrogen and oxygen atoms in total. The van der Waals surface area contributed by atoms with Crippen molar-refractivity contribution in [2.75, 3.05) is 20.6 Å². The summed E-state index contributed by atoms with van der Waals surface area (Å²) in [5, 5.41) is 2.69. The van der Waals surface area contributed by atoms with E-state index in [2.05, 4.69) is 4.98 Å². The van der Waals surface area contributed by atoms with Crippen LogP contribution in [0.4, 0.5) is 0 Å². The summed E-state index contributed by atoms with van der Waals surface area (Å²) in [6.45, 7) is 0.471. The van der Waals surface area contributed by atoms with E-state index in [0.717, 1.165) is 24.3 Å². The molecular weight excluding hydrogens is 358 g/mol. The summed E-state index contributed by atoms with van der Waals surface area (Å²) >= 11 is 1.48. The van der Waals surface area contributed by atoms with Crippen molar-refractivity contribution in [1.29, 1.82) is 0 Å². The van der Waals surface area contributed by atoms with Crippen molar-refractivity contribution in [2.45, 2.75) is 30.2 Å². The SMILES string of the molecule is CN(C)C(=O)c1cccc(S(=O)(=O)N2CCCC[C@@H]2c2nccs2)c1. The molecule has 0 aliphatic carbocycles. The van der Waals surface area contributed by atoms with Crippen LogP contribution in [-0.4, -0.2) is 49.2 Å². The van der Waals surface area contributed by atoms with Crippen LogP contribution in [0, 0.1) is 0 Å². The first-order valence-corrected chi connectivity index (χ1v) is 10.5. The second-order valence-electron chi connectivity index (χ2n) is 6.23. The summed E-state index contributed by atoms with van der Waals surface area (Å²) in [5.74, 6) is -0.216. The smallest absolute Gasteiger partial charge is 0.253 e. The summed E-state index contributed by atoms with van der Waals surface area (Å²) in [7, 11) is -0.399. The van der Waals surface area contributed by atoms with Gasteiger partial charge in [0.05, 0.1) is 10.9 Å². The molecule has 2 heterocycles. The molecule has 2 aromatic rings. The third kappa shape index (κ3) is 3.61. The molecule has 3 rings (SSSR count). The predicted octanol–water partition coefficient (Wildman–Crippen LogP) is 2.76. The average Bonchev–Trinajstić information content (AvgIpc) is 3.15. The Morgan fingerprint density at radius 3 is 2.80 bits per heavy atom. The van der Waals surface area contributed by atoms with Gasteiger partial charge in [-0.3, -0.25) is 4.79 Å². The van der Waals surface area contributed by atoms with Crippen molar-refractivity contribution in [3.05, 3.63) is 46.4 Å². The summed E-state index contributed by atoms with van der Waals surface area (Å²) in [6.07, 6.45) is 4.28. The first-order valence-electron chi connectivity index (χ1n) is 8.14. The topological polar surface area (TPSA) is 70.6 Å². The zero-order valence-corrected chi connectivity index (χ0v) is 15.9. The van der Waals surface area contributed by atoms with Crippen LogP contribution in [0.2, 0.25) is 0 Å². The van der Waals surface area contributed by atoms with E-state index in [4.69, 9.17) is 0 Å². The van der Waals surface area contributed by atoms with Gasteiger partial charge >= 0.3 is 0 Å². The Kier molecular flexibility index (Phi) is 5.21. The Balaban J connectivity index is 1.97. The average molecular weight is 380 g/mol. The summed E-state index contributed by atoms with van der Waals surface area (Å²) in [5.41, 5.74) is 0.369. The first kappa shape index (κ1) is 18.0. The summed E-state index contributed by atoms with van der Waals surface area (Å²) < 4.78 is 28.0. The van der Waals surface area contributed by atoms with Gasteiger partial charge < -0.3 is 4.90 Å². The van der Waals surface area contributed by atoms with E-state index in [0.29, 0.717) is 12.1 Å². The highest BCUT2D eigenvalue weighted by Gasteiger charge is 2.35. The lowest BCUT2D eigenvalue weighted by molar-refractivity contribution is 0.0827. The van der Waals surface area contributed by atoms with Crippen LogP contribution in [0.25, 0.3) is 0 Å². The molecule has 0 saturated carbocycles. The van der Waals surface area contributed by atoms with Gasteiger partial charge in [0.1, 0.15) is 5.01 Å². The van der Waals surface area contributed by atoms with Crippen molar-refractivity contribution in [1.82, 2.24) is 14.2 Å². The molecular formula is C17H21N3O3S2. The molecule has 0 spiro atoms. The van der Waals surface area contributed by atoms with Crippen LogP contribution in [0.3, 0.4) is 0 Å². The number of carbonyl (C=O) groups excluding carboxylic acids is 1. The Morgan fingerprint density at radius 1 is 1.32 bits per heavy atom. The first-order chi connectivity index (χ1) is 11.9. The van der Waals surface area contributed by atoms with E-state index in [9.17, 15) is 13.2 Å². The Labute approximate surface area is 152 Å². The van der Waals surface area contributed by atoms with Gasteiger partial charge in [0.15, 0.2) is 0 Å². The van der Waals surface area contributed by atoms with E-state index >= 15 is 0 Å². The molecule has 0 unspecified atom stereocenters. The Morgan fingerprint density at radius 2 is 2.12 bits per heavy atom. The summed E-state index contributed by atoms with van der Waals surface area (Å²) in [4.78, 5) is 18.1. The molecule has 134 valence electrons. The van der Waals surface area contributed by atoms with Gasteiger partial charge in [0.25, 0.3) is 5.91 Å². The van der Waals surface area contributed by atoms with E-state index in [1.807, 2.05) is 5.38 Å². The maximum atomic E-state index is 13.2. The maximum absolute atomic E-state index is 13.2. The molecule has 1 aliphatic heterocycles. The number of amides is 1. The number of hydrogen-bond acceptors (Lipinski definition) is 5.